The minimum atomic E-state index is 0.913. The number of benzene rings is 1. The number of aryl methyl sites for hydroxylation is 1. The molecule has 0 saturated carbocycles. The van der Waals surface area contributed by atoms with Crippen LogP contribution < -0.4 is 0 Å². The number of hydrogen-bond acceptors (Lipinski definition) is 0. The van der Waals surface area contributed by atoms with Gasteiger partial charge in [0.25, 0.3) is 0 Å². The summed E-state index contributed by atoms with van der Waals surface area (Å²) in [5, 5.41) is 1.47. The first kappa shape index (κ1) is 16.6. The van der Waals surface area contributed by atoms with E-state index in [0.29, 0.717) is 0 Å². The lowest BCUT2D eigenvalue weighted by atomic mass is 9.84. The lowest BCUT2D eigenvalue weighted by Gasteiger charge is -2.22. The molecule has 2 aromatic rings. The van der Waals surface area contributed by atoms with E-state index in [9.17, 15) is 0 Å². The van der Waals surface area contributed by atoms with Crippen molar-refractivity contribution in [3.05, 3.63) is 35.5 Å². The predicted octanol–water partition coefficient (Wildman–Crippen LogP) is 6.80. The van der Waals surface area contributed by atoms with Gasteiger partial charge in [0.1, 0.15) is 0 Å². The summed E-state index contributed by atoms with van der Waals surface area (Å²) < 4.78 is 0. The van der Waals surface area contributed by atoms with E-state index >= 15 is 0 Å². The fourth-order valence-electron chi connectivity index (χ4n) is 4.27. The first-order chi connectivity index (χ1) is 11.4. The van der Waals surface area contributed by atoms with Crippen molar-refractivity contribution in [3.8, 4) is 0 Å². The molecule has 1 heteroatoms. The minimum absolute atomic E-state index is 0.913. The molecule has 0 aliphatic heterocycles. The third-order valence-corrected chi connectivity index (χ3v) is 5.66. The largest absolute Gasteiger partial charge is 0.358 e. The van der Waals surface area contributed by atoms with Crippen molar-refractivity contribution in [3.63, 3.8) is 0 Å². The summed E-state index contributed by atoms with van der Waals surface area (Å²) in [6, 6.07) is 8.82. The van der Waals surface area contributed by atoms with Crippen LogP contribution in [0.3, 0.4) is 0 Å². The van der Waals surface area contributed by atoms with Gasteiger partial charge in [0.05, 0.1) is 0 Å². The van der Waals surface area contributed by atoms with Gasteiger partial charge < -0.3 is 4.98 Å². The van der Waals surface area contributed by atoms with Crippen molar-refractivity contribution < 1.29 is 0 Å². The Morgan fingerprint density at radius 3 is 2.52 bits per heavy atom. The number of fused-ring (bicyclic) bond motifs is 3. The molecule has 1 unspecified atom stereocenters. The van der Waals surface area contributed by atoms with Gasteiger partial charge in [-0.2, -0.15) is 0 Å². The van der Waals surface area contributed by atoms with Crippen molar-refractivity contribution >= 4 is 10.9 Å². The van der Waals surface area contributed by atoms with Crippen molar-refractivity contribution in [2.75, 3.05) is 0 Å². The number of H-pyrrole nitrogens is 1. The van der Waals surface area contributed by atoms with Crippen LogP contribution in [0.4, 0.5) is 0 Å². The van der Waals surface area contributed by atoms with E-state index in [1.54, 1.807) is 5.56 Å². The molecule has 1 atom stereocenters. The Morgan fingerprint density at radius 1 is 0.957 bits per heavy atom. The van der Waals surface area contributed by atoms with E-state index in [1.165, 1.54) is 93.6 Å². The molecule has 1 aromatic carbocycles. The maximum absolute atomic E-state index is 3.68. The lowest BCUT2D eigenvalue weighted by Crippen LogP contribution is -2.13. The predicted molar refractivity (Wildman–Crippen MR) is 101 cm³/mol. The van der Waals surface area contributed by atoms with Gasteiger partial charge in [0.15, 0.2) is 0 Å². The topological polar surface area (TPSA) is 15.8 Å². The molecular weight excluding hydrogens is 278 g/mol. The molecule has 1 aliphatic rings. The van der Waals surface area contributed by atoms with Crippen LogP contribution >= 0.6 is 0 Å². The number of nitrogens with one attached hydrogen (secondary N) is 1. The average molecular weight is 312 g/mol. The lowest BCUT2D eigenvalue weighted by molar-refractivity contribution is 0.401. The van der Waals surface area contributed by atoms with Crippen LogP contribution in [0, 0.1) is 5.92 Å². The highest BCUT2D eigenvalue weighted by molar-refractivity contribution is 5.84. The van der Waals surface area contributed by atoms with E-state index in [2.05, 4.69) is 36.2 Å². The van der Waals surface area contributed by atoms with Gasteiger partial charge in [-0.3, -0.25) is 0 Å². The summed E-state index contributed by atoms with van der Waals surface area (Å²) >= 11 is 0. The van der Waals surface area contributed by atoms with Crippen LogP contribution in [0.5, 0.6) is 0 Å². The van der Waals surface area contributed by atoms with Crippen LogP contribution in [-0.4, -0.2) is 4.98 Å². The number of rotatable bonds is 9. The quantitative estimate of drug-likeness (QED) is 0.490. The zero-order chi connectivity index (χ0) is 15.9. The normalized spacial score (nSPS) is 17.5. The molecular formula is C22H33N. The van der Waals surface area contributed by atoms with Crippen molar-refractivity contribution in [1.82, 2.24) is 4.98 Å². The van der Waals surface area contributed by atoms with Gasteiger partial charge in [-0.15, -0.1) is 0 Å². The Labute approximate surface area is 141 Å². The summed E-state index contributed by atoms with van der Waals surface area (Å²) in [5.74, 6) is 0.913. The summed E-state index contributed by atoms with van der Waals surface area (Å²) in [7, 11) is 0. The first-order valence-electron chi connectivity index (χ1n) is 9.97. The number of aromatic nitrogens is 1. The Morgan fingerprint density at radius 2 is 1.70 bits per heavy atom. The second-order valence-corrected chi connectivity index (χ2v) is 7.50. The second kappa shape index (κ2) is 8.57. The Hall–Kier alpha value is -1.24. The van der Waals surface area contributed by atoms with Crippen LogP contribution in [0.25, 0.3) is 10.9 Å². The fourth-order valence-corrected chi connectivity index (χ4v) is 4.27. The van der Waals surface area contributed by atoms with Gasteiger partial charge in [0.2, 0.25) is 0 Å². The maximum Gasteiger partial charge on any atom is 0.0458 e. The van der Waals surface area contributed by atoms with Crippen molar-refractivity contribution in [1.29, 1.82) is 0 Å². The standard InChI is InChI=1S/C22H33N/c1-2-3-4-5-6-7-8-9-12-18-15-16-20-19-13-10-11-14-21(19)23-22(20)17-18/h10-11,13-14,18,23H,2-9,12,15-17H2,1H3. The van der Waals surface area contributed by atoms with E-state index < -0.39 is 0 Å². The summed E-state index contributed by atoms with van der Waals surface area (Å²) in [6.07, 6.45) is 16.9. The molecule has 1 nitrogen and oxygen atoms in total. The molecule has 0 bridgehead atoms. The smallest absolute Gasteiger partial charge is 0.0458 e. The Bertz CT molecular complexity index is 595. The van der Waals surface area contributed by atoms with Crippen LogP contribution in [-0.2, 0) is 12.8 Å². The molecule has 1 heterocycles. The molecule has 0 fully saturated rings. The number of hydrogen-bond donors (Lipinski definition) is 1. The zero-order valence-corrected chi connectivity index (χ0v) is 14.9. The molecule has 0 spiro atoms. The molecule has 0 radical (unpaired) electrons. The third-order valence-electron chi connectivity index (χ3n) is 5.66. The molecule has 23 heavy (non-hydrogen) atoms. The number of unbranched alkanes of at least 4 members (excludes halogenated alkanes) is 7. The van der Waals surface area contributed by atoms with Crippen LogP contribution in [0.2, 0.25) is 0 Å². The van der Waals surface area contributed by atoms with Crippen molar-refractivity contribution in [2.24, 2.45) is 5.92 Å². The summed E-state index contributed by atoms with van der Waals surface area (Å²) in [5.41, 5.74) is 4.47. The van der Waals surface area contributed by atoms with E-state index in [0.717, 1.165) is 5.92 Å². The Kier molecular flexibility index (Phi) is 6.19. The maximum atomic E-state index is 3.68. The third kappa shape index (κ3) is 4.40. The SMILES string of the molecule is CCCCCCCCCCC1CCc2c([nH]c3ccccc23)C1. The van der Waals surface area contributed by atoms with Gasteiger partial charge in [-0.1, -0.05) is 82.9 Å². The molecule has 1 N–H and O–H groups in total. The number of aromatic amines is 1. The van der Waals surface area contributed by atoms with E-state index in [-0.39, 0.29) is 0 Å². The van der Waals surface area contributed by atoms with Gasteiger partial charge in [0, 0.05) is 16.6 Å². The fraction of sp³-hybridized carbons (Fsp3) is 0.636. The molecule has 3 rings (SSSR count). The Balaban J connectivity index is 1.38. The van der Waals surface area contributed by atoms with E-state index in [4.69, 9.17) is 0 Å². The van der Waals surface area contributed by atoms with Crippen molar-refractivity contribution in [2.45, 2.75) is 84.0 Å². The summed E-state index contributed by atoms with van der Waals surface area (Å²) in [6.45, 7) is 2.29. The monoisotopic (exact) mass is 311 g/mol. The van der Waals surface area contributed by atoms with E-state index in [1.807, 2.05) is 0 Å². The van der Waals surface area contributed by atoms with Gasteiger partial charge >= 0.3 is 0 Å². The molecule has 126 valence electrons. The highest BCUT2D eigenvalue weighted by atomic mass is 14.7. The van der Waals surface area contributed by atoms with Crippen LogP contribution in [0.1, 0.15) is 82.4 Å². The van der Waals surface area contributed by atoms with Gasteiger partial charge in [-0.05, 0) is 36.8 Å². The summed E-state index contributed by atoms with van der Waals surface area (Å²) in [4.78, 5) is 3.68. The minimum Gasteiger partial charge on any atom is -0.358 e. The molecule has 1 aromatic heterocycles. The molecule has 1 aliphatic carbocycles. The van der Waals surface area contributed by atoms with Crippen LogP contribution in [0.15, 0.2) is 24.3 Å². The van der Waals surface area contributed by atoms with Gasteiger partial charge in [-0.25, -0.2) is 0 Å². The average Bonchev–Trinajstić information content (AvgIpc) is 2.95. The highest BCUT2D eigenvalue weighted by Gasteiger charge is 2.21. The second-order valence-electron chi connectivity index (χ2n) is 7.50. The molecule has 0 amide bonds. The molecule has 0 saturated heterocycles. The highest BCUT2D eigenvalue weighted by Crippen LogP contribution is 2.33. The number of para-hydroxylation sites is 1. The first-order valence-corrected chi connectivity index (χ1v) is 9.97. The zero-order valence-electron chi connectivity index (χ0n) is 14.9.